The summed E-state index contributed by atoms with van der Waals surface area (Å²) < 4.78 is 0. The molecule has 0 saturated carbocycles. The van der Waals surface area contributed by atoms with Gasteiger partial charge in [-0.25, -0.2) is 0 Å². The molecule has 2 rings (SSSR count). The van der Waals surface area contributed by atoms with Gasteiger partial charge in [-0.15, -0.1) is 0 Å². The van der Waals surface area contributed by atoms with Crippen molar-refractivity contribution in [2.45, 2.75) is 0 Å². The molecule has 0 spiro atoms. The third kappa shape index (κ3) is 1.95. The Labute approximate surface area is 103 Å². The second-order valence-electron chi connectivity index (χ2n) is 3.04. The molecular formula is C10H11N2Y-. The molecule has 1 N–H and O–H groups in total. The normalized spacial score (nSPS) is 9.69. The van der Waals surface area contributed by atoms with Crippen molar-refractivity contribution in [2.75, 3.05) is 19.0 Å². The van der Waals surface area contributed by atoms with Gasteiger partial charge in [-0.1, -0.05) is 22.7 Å². The second kappa shape index (κ2) is 4.25. The van der Waals surface area contributed by atoms with E-state index in [1.165, 1.54) is 11.1 Å². The van der Waals surface area contributed by atoms with Gasteiger partial charge >= 0.3 is 0 Å². The molecule has 65 valence electrons. The van der Waals surface area contributed by atoms with Gasteiger partial charge in [0.1, 0.15) is 0 Å². The number of hydrogen-bond acceptors (Lipinski definition) is 1. The number of nitrogens with one attached hydrogen (secondary N) is 1. The summed E-state index contributed by atoms with van der Waals surface area (Å²) in [7, 11) is 4.07. The average molecular weight is 248 g/mol. The largest absolute Gasteiger partial charge is 0.428 e. The number of nitrogens with zero attached hydrogens (tertiary/aromatic N) is 1. The Morgan fingerprint density at radius 1 is 1.31 bits per heavy atom. The van der Waals surface area contributed by atoms with Gasteiger partial charge in [0.05, 0.1) is 0 Å². The molecule has 0 saturated heterocycles. The zero-order chi connectivity index (χ0) is 8.55. The quantitative estimate of drug-likeness (QED) is 0.765. The Hall–Kier alpha value is -0.336. The minimum absolute atomic E-state index is 0. The zero-order valence-corrected chi connectivity index (χ0v) is 10.7. The molecule has 1 aromatic heterocycles. The van der Waals surface area contributed by atoms with Gasteiger partial charge in [-0.05, 0) is 20.3 Å². The van der Waals surface area contributed by atoms with Gasteiger partial charge < -0.3 is 9.88 Å². The third-order valence-corrected chi connectivity index (χ3v) is 1.98. The SMILES string of the molecule is CN(C)c1c[c-]cc2[nH]ccc12.[Y]. The van der Waals surface area contributed by atoms with E-state index in [9.17, 15) is 0 Å². The van der Waals surface area contributed by atoms with Crippen LogP contribution in [0.2, 0.25) is 0 Å². The maximum absolute atomic E-state index is 3.16. The smallest absolute Gasteiger partial charge is 0 e. The van der Waals surface area contributed by atoms with Gasteiger partial charge in [0.15, 0.2) is 0 Å². The van der Waals surface area contributed by atoms with Crippen LogP contribution < -0.4 is 4.90 Å². The Bertz CT molecular complexity index is 392. The van der Waals surface area contributed by atoms with Crippen LogP contribution in [0.5, 0.6) is 0 Å². The second-order valence-corrected chi connectivity index (χ2v) is 3.04. The number of benzene rings is 1. The zero-order valence-electron chi connectivity index (χ0n) is 7.83. The molecule has 0 aliphatic rings. The van der Waals surface area contributed by atoms with Crippen LogP contribution in [0.4, 0.5) is 5.69 Å². The van der Waals surface area contributed by atoms with Crippen molar-refractivity contribution in [3.05, 3.63) is 30.5 Å². The van der Waals surface area contributed by atoms with E-state index in [4.69, 9.17) is 0 Å². The molecule has 0 bridgehead atoms. The molecule has 1 radical (unpaired) electrons. The van der Waals surface area contributed by atoms with Crippen molar-refractivity contribution in [3.8, 4) is 0 Å². The van der Waals surface area contributed by atoms with Crippen molar-refractivity contribution in [1.82, 2.24) is 4.98 Å². The fraction of sp³-hybridized carbons (Fsp3) is 0.200. The molecule has 3 heteroatoms. The van der Waals surface area contributed by atoms with E-state index < -0.39 is 0 Å². The van der Waals surface area contributed by atoms with Crippen LogP contribution in [0.25, 0.3) is 10.9 Å². The summed E-state index contributed by atoms with van der Waals surface area (Å²) in [6, 6.07) is 9.14. The fourth-order valence-corrected chi connectivity index (χ4v) is 1.38. The molecule has 0 aliphatic carbocycles. The van der Waals surface area contributed by atoms with Gasteiger partial charge in [0.25, 0.3) is 0 Å². The van der Waals surface area contributed by atoms with Crippen molar-refractivity contribution < 1.29 is 32.7 Å². The van der Waals surface area contributed by atoms with E-state index in [2.05, 4.69) is 22.0 Å². The first-order valence-electron chi connectivity index (χ1n) is 3.93. The summed E-state index contributed by atoms with van der Waals surface area (Å²) in [4.78, 5) is 5.25. The maximum Gasteiger partial charge on any atom is 0 e. The number of anilines is 1. The minimum Gasteiger partial charge on any atom is -0.428 e. The number of rotatable bonds is 1. The molecule has 0 amide bonds. The van der Waals surface area contributed by atoms with E-state index in [-0.39, 0.29) is 32.7 Å². The standard InChI is InChI=1S/C10H11N2.Y/c1-12(2)10-5-3-4-9-8(10)6-7-11-9;/h4-7,11H,1-2H3;/q-1;. The van der Waals surface area contributed by atoms with Crippen LogP contribution in [-0.2, 0) is 32.7 Å². The summed E-state index contributed by atoms with van der Waals surface area (Å²) in [5.74, 6) is 0. The van der Waals surface area contributed by atoms with Crippen molar-refractivity contribution in [3.63, 3.8) is 0 Å². The molecular weight excluding hydrogens is 237 g/mol. The summed E-state index contributed by atoms with van der Waals surface area (Å²) in [5, 5.41) is 1.25. The summed E-state index contributed by atoms with van der Waals surface area (Å²) in [6.07, 6.45) is 1.95. The Morgan fingerprint density at radius 2 is 2.08 bits per heavy atom. The van der Waals surface area contributed by atoms with E-state index in [1.807, 2.05) is 32.4 Å². The minimum atomic E-state index is 0. The monoisotopic (exact) mass is 248 g/mol. The van der Waals surface area contributed by atoms with Crippen molar-refractivity contribution in [2.24, 2.45) is 0 Å². The predicted molar refractivity (Wildman–Crippen MR) is 51.5 cm³/mol. The molecule has 0 fully saturated rings. The molecule has 0 unspecified atom stereocenters. The van der Waals surface area contributed by atoms with Crippen LogP contribution in [0.15, 0.2) is 24.4 Å². The van der Waals surface area contributed by atoms with Crippen molar-refractivity contribution >= 4 is 16.6 Å². The van der Waals surface area contributed by atoms with Gasteiger partial charge in [0, 0.05) is 32.7 Å². The third-order valence-electron chi connectivity index (χ3n) is 1.98. The number of aromatic nitrogens is 1. The first-order chi connectivity index (χ1) is 5.79. The van der Waals surface area contributed by atoms with E-state index in [0.29, 0.717) is 0 Å². The molecule has 1 heterocycles. The van der Waals surface area contributed by atoms with Gasteiger partial charge in [0.2, 0.25) is 0 Å². The Kier molecular flexibility index (Phi) is 3.51. The van der Waals surface area contributed by atoms with Crippen LogP contribution in [0.3, 0.4) is 0 Å². The molecule has 2 aromatic rings. The molecule has 0 aliphatic heterocycles. The van der Waals surface area contributed by atoms with E-state index in [0.717, 1.165) is 5.52 Å². The number of aromatic amines is 1. The summed E-state index contributed by atoms with van der Waals surface area (Å²) >= 11 is 0. The molecule has 1 aromatic carbocycles. The van der Waals surface area contributed by atoms with Gasteiger partial charge in [-0.2, -0.15) is 18.2 Å². The topological polar surface area (TPSA) is 19.0 Å². The fourth-order valence-electron chi connectivity index (χ4n) is 1.38. The van der Waals surface area contributed by atoms with Crippen LogP contribution in [-0.4, -0.2) is 19.1 Å². The van der Waals surface area contributed by atoms with E-state index >= 15 is 0 Å². The van der Waals surface area contributed by atoms with Crippen LogP contribution >= 0.6 is 0 Å². The van der Waals surface area contributed by atoms with Gasteiger partial charge in [-0.3, -0.25) is 0 Å². The Morgan fingerprint density at radius 3 is 2.77 bits per heavy atom. The first kappa shape index (κ1) is 10.7. The summed E-state index contributed by atoms with van der Waals surface area (Å²) in [5.41, 5.74) is 2.34. The van der Waals surface area contributed by atoms with Crippen LogP contribution in [0.1, 0.15) is 0 Å². The Balaban J connectivity index is 0.000000845. The predicted octanol–water partition coefficient (Wildman–Crippen LogP) is 2.03. The number of hydrogen-bond donors (Lipinski definition) is 1. The average Bonchev–Trinajstić information content (AvgIpc) is 2.49. The summed E-state index contributed by atoms with van der Waals surface area (Å²) in [6.45, 7) is 0. The molecule has 13 heavy (non-hydrogen) atoms. The molecule has 2 nitrogen and oxygen atoms in total. The number of H-pyrrole nitrogens is 1. The van der Waals surface area contributed by atoms with E-state index in [1.54, 1.807) is 0 Å². The van der Waals surface area contributed by atoms with Crippen molar-refractivity contribution in [1.29, 1.82) is 0 Å². The number of fused-ring (bicyclic) bond motifs is 1. The maximum atomic E-state index is 3.16. The first-order valence-corrected chi connectivity index (χ1v) is 3.93. The van der Waals surface area contributed by atoms with Crippen LogP contribution in [0, 0.1) is 6.07 Å². The molecule has 0 atom stereocenters.